The van der Waals surface area contributed by atoms with Crippen LogP contribution in [0, 0.1) is 5.92 Å². The molecule has 0 fully saturated rings. The molecular formula is C56H48N2. The van der Waals surface area contributed by atoms with Gasteiger partial charge in [-0.05, 0) is 135 Å². The highest BCUT2D eigenvalue weighted by molar-refractivity contribution is 5.92. The van der Waals surface area contributed by atoms with Crippen molar-refractivity contribution in [2.24, 2.45) is 5.92 Å². The Morgan fingerprint density at radius 1 is 0.448 bits per heavy atom. The van der Waals surface area contributed by atoms with Crippen LogP contribution in [0.3, 0.4) is 0 Å². The lowest BCUT2D eigenvalue weighted by Gasteiger charge is -2.28. The van der Waals surface area contributed by atoms with Gasteiger partial charge in [0.15, 0.2) is 0 Å². The van der Waals surface area contributed by atoms with Crippen LogP contribution in [-0.4, -0.2) is 0 Å². The minimum absolute atomic E-state index is 0.110. The predicted molar refractivity (Wildman–Crippen MR) is 246 cm³/mol. The monoisotopic (exact) mass is 748 g/mol. The fourth-order valence-electron chi connectivity index (χ4n) is 9.66. The van der Waals surface area contributed by atoms with Gasteiger partial charge in [-0.15, -0.1) is 0 Å². The minimum Gasteiger partial charge on any atom is -0.310 e. The zero-order chi connectivity index (χ0) is 39.4. The fraction of sp³-hybridized carbons (Fsp3) is 0.143. The lowest BCUT2D eigenvalue weighted by Crippen LogP contribution is -2.18. The van der Waals surface area contributed by atoms with Crippen LogP contribution in [-0.2, 0) is 10.8 Å². The molecular weight excluding hydrogens is 701 g/mol. The molecule has 0 saturated heterocycles. The number of hydrogen-bond acceptors (Lipinski definition) is 2. The summed E-state index contributed by atoms with van der Waals surface area (Å²) < 4.78 is 0. The van der Waals surface area contributed by atoms with E-state index < -0.39 is 0 Å². The van der Waals surface area contributed by atoms with Crippen LogP contribution in [0.1, 0.15) is 61.9 Å². The fourth-order valence-corrected chi connectivity index (χ4v) is 9.66. The molecule has 0 aromatic heterocycles. The molecule has 0 amide bonds. The Labute approximate surface area is 343 Å². The summed E-state index contributed by atoms with van der Waals surface area (Å²) >= 11 is 0. The summed E-state index contributed by atoms with van der Waals surface area (Å²) in [7, 11) is 0. The van der Waals surface area contributed by atoms with E-state index in [1.54, 1.807) is 0 Å². The van der Waals surface area contributed by atoms with Gasteiger partial charge in [-0.1, -0.05) is 155 Å². The van der Waals surface area contributed by atoms with E-state index in [9.17, 15) is 0 Å². The van der Waals surface area contributed by atoms with Crippen molar-refractivity contribution in [2.45, 2.75) is 44.9 Å². The third-order valence-electron chi connectivity index (χ3n) is 12.7. The number of hydrogen-bond donors (Lipinski definition) is 0. The van der Waals surface area contributed by atoms with Crippen LogP contribution in [0.2, 0.25) is 0 Å². The molecule has 2 heteroatoms. The lowest BCUT2D eigenvalue weighted by atomic mass is 9.78. The van der Waals surface area contributed by atoms with Crippen molar-refractivity contribution in [3.8, 4) is 11.1 Å². The van der Waals surface area contributed by atoms with Gasteiger partial charge in [-0.2, -0.15) is 0 Å². The maximum atomic E-state index is 2.54. The first-order valence-corrected chi connectivity index (χ1v) is 20.6. The van der Waals surface area contributed by atoms with Gasteiger partial charge in [0.25, 0.3) is 0 Å². The molecule has 0 N–H and O–H groups in total. The summed E-state index contributed by atoms with van der Waals surface area (Å²) in [5.74, 6) is 0.333. The summed E-state index contributed by atoms with van der Waals surface area (Å²) in [6.45, 7) is 9.56. The Hall–Kier alpha value is -6.64. The molecule has 1 atom stereocenters. The van der Waals surface area contributed by atoms with Gasteiger partial charge >= 0.3 is 0 Å². The molecule has 0 radical (unpaired) electrons. The summed E-state index contributed by atoms with van der Waals surface area (Å²) in [6.07, 6.45) is 10.8. The maximum absolute atomic E-state index is 2.54. The number of para-hydroxylation sites is 4. The number of benzene rings is 7. The van der Waals surface area contributed by atoms with Crippen LogP contribution >= 0.6 is 0 Å². The second kappa shape index (κ2) is 14.1. The molecule has 3 aliphatic carbocycles. The highest BCUT2D eigenvalue weighted by atomic mass is 15.1. The molecule has 58 heavy (non-hydrogen) atoms. The van der Waals surface area contributed by atoms with E-state index in [1.165, 1.54) is 61.5 Å². The first-order valence-electron chi connectivity index (χ1n) is 20.6. The summed E-state index contributed by atoms with van der Waals surface area (Å²) in [4.78, 5) is 4.73. The average Bonchev–Trinajstić information content (AvgIpc) is 3.63. The predicted octanol–water partition coefficient (Wildman–Crippen LogP) is 15.3. The van der Waals surface area contributed by atoms with Crippen LogP contribution in [0.5, 0.6) is 0 Å². The van der Waals surface area contributed by atoms with Crippen molar-refractivity contribution >= 4 is 45.8 Å². The van der Waals surface area contributed by atoms with E-state index in [1.807, 2.05) is 0 Å². The molecule has 1 unspecified atom stereocenters. The van der Waals surface area contributed by atoms with E-state index in [0.717, 1.165) is 29.2 Å². The van der Waals surface area contributed by atoms with E-state index in [2.05, 4.69) is 238 Å². The molecule has 3 aliphatic rings. The van der Waals surface area contributed by atoms with Gasteiger partial charge in [0, 0.05) is 45.0 Å². The molecule has 2 nitrogen and oxygen atoms in total. The Kier molecular flexibility index (Phi) is 8.68. The van der Waals surface area contributed by atoms with Gasteiger partial charge in [0.1, 0.15) is 0 Å². The summed E-state index contributed by atoms with van der Waals surface area (Å²) in [5.41, 5.74) is 19.0. The zero-order valence-electron chi connectivity index (χ0n) is 33.7. The van der Waals surface area contributed by atoms with Crippen molar-refractivity contribution in [3.63, 3.8) is 0 Å². The smallest absolute Gasteiger partial charge is 0.0465 e. The van der Waals surface area contributed by atoms with Gasteiger partial charge in [0.2, 0.25) is 0 Å². The highest BCUT2D eigenvalue weighted by Crippen LogP contribution is 2.54. The van der Waals surface area contributed by atoms with Crippen molar-refractivity contribution in [2.75, 3.05) is 9.80 Å². The number of allylic oxidation sites excluding steroid dienone is 5. The molecule has 0 saturated carbocycles. The van der Waals surface area contributed by atoms with E-state index in [4.69, 9.17) is 0 Å². The normalized spacial score (nSPS) is 16.8. The lowest BCUT2D eigenvalue weighted by molar-refractivity contribution is 0.645. The topological polar surface area (TPSA) is 6.48 Å². The largest absolute Gasteiger partial charge is 0.310 e. The molecule has 282 valence electrons. The summed E-state index contributed by atoms with van der Waals surface area (Å²) in [5, 5.41) is 0. The summed E-state index contributed by atoms with van der Waals surface area (Å²) in [6, 6.07) is 63.9. The van der Waals surface area contributed by atoms with Crippen molar-refractivity contribution < 1.29 is 0 Å². The first kappa shape index (κ1) is 35.8. The van der Waals surface area contributed by atoms with E-state index >= 15 is 0 Å². The minimum atomic E-state index is -0.136. The molecule has 0 aliphatic heterocycles. The SMILES string of the molecule is CC1(C)C2=CC(/C=C/c3ccc4c(c3)C(C)(C)c3cc(N(c5ccccc5)c5ccccc5)ccc3-4)CC=C2c2ccc(N(c3ccccc3)c3ccccc3)cc21. The Morgan fingerprint density at radius 3 is 1.38 bits per heavy atom. The standard InChI is InChI=1S/C56H48N2/c1-55(2)51-35-39(27-31-47(51)49-33-29-45(37-53(49)55)57(41-17-9-5-10-18-41)42-19-11-6-12-20-42)25-26-40-28-32-48-50-34-30-46(38-54(50)56(3,4)52(48)36-40)58(43-21-13-7-14-22-43)44-23-15-8-16-24-44/h5-27,29-38,40H,28H2,1-4H3/b26-25+. The van der Waals surface area contributed by atoms with Gasteiger partial charge in [0.05, 0.1) is 0 Å². The van der Waals surface area contributed by atoms with E-state index in [-0.39, 0.29) is 10.8 Å². The van der Waals surface area contributed by atoms with Crippen LogP contribution in [0.25, 0.3) is 22.8 Å². The van der Waals surface area contributed by atoms with Crippen LogP contribution < -0.4 is 9.80 Å². The number of anilines is 6. The van der Waals surface area contributed by atoms with Gasteiger partial charge < -0.3 is 9.80 Å². The molecule has 7 aromatic carbocycles. The quantitative estimate of drug-likeness (QED) is 0.153. The van der Waals surface area contributed by atoms with Crippen molar-refractivity contribution in [1.82, 2.24) is 0 Å². The second-order valence-electron chi connectivity index (χ2n) is 17.0. The van der Waals surface area contributed by atoms with Crippen LogP contribution in [0.4, 0.5) is 34.1 Å². The van der Waals surface area contributed by atoms with Crippen molar-refractivity contribution in [1.29, 1.82) is 0 Å². The Morgan fingerprint density at radius 2 is 0.879 bits per heavy atom. The van der Waals surface area contributed by atoms with Crippen LogP contribution in [0.15, 0.2) is 200 Å². The second-order valence-corrected chi connectivity index (χ2v) is 17.0. The number of rotatable bonds is 8. The maximum Gasteiger partial charge on any atom is 0.0465 e. The van der Waals surface area contributed by atoms with Gasteiger partial charge in [-0.25, -0.2) is 0 Å². The number of fused-ring (bicyclic) bond motifs is 6. The van der Waals surface area contributed by atoms with Crippen molar-refractivity contribution in [3.05, 3.63) is 228 Å². The zero-order valence-corrected chi connectivity index (χ0v) is 33.7. The Balaban J connectivity index is 0.925. The van der Waals surface area contributed by atoms with E-state index in [0.29, 0.717) is 5.92 Å². The molecule has 7 aromatic rings. The molecule has 10 rings (SSSR count). The molecule has 0 heterocycles. The first-order chi connectivity index (χ1) is 28.3. The Bertz CT molecular complexity index is 2660. The highest BCUT2D eigenvalue weighted by Gasteiger charge is 2.40. The number of nitrogens with zero attached hydrogens (tertiary/aromatic N) is 2. The molecule has 0 bridgehead atoms. The van der Waals surface area contributed by atoms with Gasteiger partial charge in [-0.3, -0.25) is 0 Å². The third-order valence-corrected chi connectivity index (χ3v) is 12.7. The third kappa shape index (κ3) is 6.03. The average molecular weight is 749 g/mol. The molecule has 0 spiro atoms.